The van der Waals surface area contributed by atoms with Gasteiger partial charge in [-0.25, -0.2) is 0 Å². The van der Waals surface area contributed by atoms with E-state index in [-0.39, 0.29) is 11.4 Å². The van der Waals surface area contributed by atoms with Crippen LogP contribution in [0.4, 0.5) is 0 Å². The molecule has 0 saturated carbocycles. The van der Waals surface area contributed by atoms with Crippen LogP contribution in [0.1, 0.15) is 52.3 Å². The minimum Gasteiger partial charge on any atom is -0.358 e. The van der Waals surface area contributed by atoms with Crippen molar-refractivity contribution in [3.8, 4) is 0 Å². The Balaban J connectivity index is 3.14. The molecule has 0 aliphatic rings. The number of hydrogen-bond acceptors (Lipinski definition) is 4. The Kier molecular flexibility index (Phi) is 5.87. The predicted molar refractivity (Wildman–Crippen MR) is 95.2 cm³/mol. The minimum atomic E-state index is -0.820. The van der Waals surface area contributed by atoms with Crippen molar-refractivity contribution in [2.24, 2.45) is 0 Å². The highest BCUT2D eigenvalue weighted by atomic mass is 32.1. The summed E-state index contributed by atoms with van der Waals surface area (Å²) in [6.45, 7) is 11.6. The fourth-order valence-electron chi connectivity index (χ4n) is 1.97. The van der Waals surface area contributed by atoms with Gasteiger partial charge in [-0.15, -0.1) is 11.3 Å². The first-order valence-electron chi connectivity index (χ1n) is 7.12. The Labute approximate surface area is 141 Å². The van der Waals surface area contributed by atoms with E-state index in [1.807, 2.05) is 53.0 Å². The van der Waals surface area contributed by atoms with Gasteiger partial charge >= 0.3 is 0 Å². The van der Waals surface area contributed by atoms with E-state index < -0.39 is 11.5 Å². The first-order valence-corrected chi connectivity index (χ1v) is 8.41. The van der Waals surface area contributed by atoms with Crippen LogP contribution in [0.5, 0.6) is 0 Å². The monoisotopic (exact) mass is 340 g/mol. The maximum atomic E-state index is 12.9. The van der Waals surface area contributed by atoms with Gasteiger partial charge in [-0.2, -0.15) is 0 Å². The number of nitrogens with zero attached hydrogens (tertiary/aromatic N) is 1. The topological polar surface area (TPSA) is 49.4 Å². The van der Waals surface area contributed by atoms with Crippen molar-refractivity contribution >= 4 is 40.9 Å². The van der Waals surface area contributed by atoms with Crippen LogP contribution in [0.3, 0.4) is 0 Å². The molecular formula is C16H24N2O2S2. The molecule has 0 fully saturated rings. The van der Waals surface area contributed by atoms with Gasteiger partial charge in [-0.1, -0.05) is 6.07 Å². The highest BCUT2D eigenvalue weighted by molar-refractivity contribution is 7.80. The molecule has 122 valence electrons. The lowest BCUT2D eigenvalue weighted by Crippen LogP contribution is -2.58. The van der Waals surface area contributed by atoms with Crippen molar-refractivity contribution in [1.82, 2.24) is 10.2 Å². The van der Waals surface area contributed by atoms with Gasteiger partial charge in [0.1, 0.15) is 12.2 Å². The second-order valence-electron chi connectivity index (χ2n) is 7.15. The number of hydrogen-bond donors (Lipinski definition) is 1. The molecule has 1 unspecified atom stereocenters. The van der Waals surface area contributed by atoms with Gasteiger partial charge in [0.2, 0.25) is 5.91 Å². The van der Waals surface area contributed by atoms with E-state index in [1.54, 1.807) is 6.07 Å². The molecule has 0 aromatic carbocycles. The summed E-state index contributed by atoms with van der Waals surface area (Å²) in [6, 6.07) is 3.62. The number of aldehydes is 1. The average molecular weight is 341 g/mol. The molecule has 1 heterocycles. The lowest BCUT2D eigenvalue weighted by atomic mass is 10.0. The summed E-state index contributed by atoms with van der Waals surface area (Å²) in [4.78, 5) is 26.6. The van der Waals surface area contributed by atoms with Crippen molar-refractivity contribution < 1.29 is 9.59 Å². The highest BCUT2D eigenvalue weighted by Crippen LogP contribution is 2.26. The molecule has 22 heavy (non-hydrogen) atoms. The van der Waals surface area contributed by atoms with Gasteiger partial charge in [0.15, 0.2) is 5.11 Å². The summed E-state index contributed by atoms with van der Waals surface area (Å²) >= 11 is 6.82. The van der Waals surface area contributed by atoms with E-state index in [1.165, 1.54) is 16.2 Å². The molecule has 1 aromatic rings. The van der Waals surface area contributed by atoms with E-state index in [9.17, 15) is 9.59 Å². The summed E-state index contributed by atoms with van der Waals surface area (Å²) in [6.07, 6.45) is 0.687. The van der Waals surface area contributed by atoms with Gasteiger partial charge in [0, 0.05) is 16.0 Å². The third kappa shape index (κ3) is 4.88. The second-order valence-corrected chi connectivity index (χ2v) is 8.52. The molecule has 0 saturated heterocycles. The molecule has 0 aliphatic heterocycles. The fraction of sp³-hybridized carbons (Fsp3) is 0.562. The number of rotatable bonds is 3. The van der Waals surface area contributed by atoms with Crippen LogP contribution in [0, 0.1) is 0 Å². The van der Waals surface area contributed by atoms with Crippen LogP contribution in [-0.4, -0.2) is 33.3 Å². The summed E-state index contributed by atoms with van der Waals surface area (Å²) in [7, 11) is 0. The minimum absolute atomic E-state index is 0.263. The van der Waals surface area contributed by atoms with Gasteiger partial charge in [0.05, 0.1) is 0 Å². The van der Waals surface area contributed by atoms with Crippen molar-refractivity contribution in [3.63, 3.8) is 0 Å². The Morgan fingerprint density at radius 1 is 1.32 bits per heavy atom. The van der Waals surface area contributed by atoms with Crippen LogP contribution in [0.2, 0.25) is 0 Å². The first-order chi connectivity index (χ1) is 9.97. The number of carbonyl (C=O) groups excluding carboxylic acids is 2. The van der Waals surface area contributed by atoms with Crippen LogP contribution in [-0.2, 0) is 9.59 Å². The lowest BCUT2D eigenvalue weighted by Gasteiger charge is -2.39. The average Bonchev–Trinajstić information content (AvgIpc) is 2.78. The summed E-state index contributed by atoms with van der Waals surface area (Å²) in [5.41, 5.74) is -0.786. The van der Waals surface area contributed by atoms with Crippen molar-refractivity contribution in [3.05, 3.63) is 22.4 Å². The van der Waals surface area contributed by atoms with Gasteiger partial charge in [-0.05, 0) is 65.2 Å². The molecule has 1 amide bonds. The Bertz CT molecular complexity index is 539. The number of nitrogens with one attached hydrogen (secondary N) is 1. The molecule has 6 heteroatoms. The molecule has 1 N–H and O–H groups in total. The predicted octanol–water partition coefficient (Wildman–Crippen LogP) is 3.33. The molecule has 1 aromatic heterocycles. The van der Waals surface area contributed by atoms with Gasteiger partial charge in [-0.3, -0.25) is 9.69 Å². The number of thiophene rings is 1. The molecule has 0 radical (unpaired) electrons. The maximum Gasteiger partial charge on any atom is 0.244 e. The molecule has 4 nitrogen and oxygen atoms in total. The van der Waals surface area contributed by atoms with Crippen molar-refractivity contribution in [2.75, 3.05) is 0 Å². The summed E-state index contributed by atoms with van der Waals surface area (Å²) in [5.74, 6) is -1.12. The summed E-state index contributed by atoms with van der Waals surface area (Å²) < 4.78 is 0. The molecule has 0 bridgehead atoms. The van der Waals surface area contributed by atoms with Crippen molar-refractivity contribution in [2.45, 2.75) is 58.5 Å². The standard InChI is InChI=1S/C16H24N2O2S2/c1-15(2,3)17-14(21)18(16(4,5)6)13(20)11(10-19)12-8-7-9-22-12/h7-11H,1-6H3,(H,17,21). The quantitative estimate of drug-likeness (QED) is 0.521. The Morgan fingerprint density at radius 2 is 1.91 bits per heavy atom. The zero-order valence-corrected chi connectivity index (χ0v) is 15.6. The van der Waals surface area contributed by atoms with Gasteiger partial charge < -0.3 is 10.1 Å². The van der Waals surface area contributed by atoms with Crippen LogP contribution in [0.25, 0.3) is 0 Å². The van der Waals surface area contributed by atoms with Crippen LogP contribution >= 0.6 is 23.6 Å². The molecular weight excluding hydrogens is 316 g/mol. The number of thiocarbonyl (C=S) groups is 1. The maximum absolute atomic E-state index is 12.9. The summed E-state index contributed by atoms with van der Waals surface area (Å²) in [5, 5.41) is 5.35. The lowest BCUT2D eigenvalue weighted by molar-refractivity contribution is -0.134. The van der Waals surface area contributed by atoms with E-state index in [0.717, 1.165) is 4.88 Å². The zero-order chi connectivity index (χ0) is 17.1. The SMILES string of the molecule is CC(C)(C)NC(=S)N(C(=O)C(C=O)c1cccs1)C(C)(C)C. The van der Waals surface area contributed by atoms with Crippen LogP contribution < -0.4 is 5.32 Å². The Morgan fingerprint density at radius 3 is 2.27 bits per heavy atom. The Hall–Kier alpha value is -1.27. The van der Waals surface area contributed by atoms with E-state index in [2.05, 4.69) is 5.32 Å². The van der Waals surface area contributed by atoms with Crippen molar-refractivity contribution in [1.29, 1.82) is 0 Å². The third-order valence-corrected chi connectivity index (χ3v) is 4.07. The van der Waals surface area contributed by atoms with E-state index in [4.69, 9.17) is 12.2 Å². The zero-order valence-electron chi connectivity index (χ0n) is 14.0. The smallest absolute Gasteiger partial charge is 0.244 e. The number of carbonyl (C=O) groups is 2. The third-order valence-electron chi connectivity index (χ3n) is 2.83. The fourth-order valence-corrected chi connectivity index (χ4v) is 3.41. The normalized spacial score (nSPS) is 13.4. The molecule has 1 atom stereocenters. The first kappa shape index (κ1) is 18.8. The van der Waals surface area contributed by atoms with E-state index >= 15 is 0 Å². The molecule has 0 aliphatic carbocycles. The largest absolute Gasteiger partial charge is 0.358 e. The number of amides is 1. The highest BCUT2D eigenvalue weighted by Gasteiger charge is 2.36. The molecule has 0 spiro atoms. The second kappa shape index (κ2) is 6.87. The molecule has 1 rings (SSSR count). The van der Waals surface area contributed by atoms with E-state index in [0.29, 0.717) is 11.4 Å². The van der Waals surface area contributed by atoms with Gasteiger partial charge in [0.25, 0.3) is 0 Å². The van der Waals surface area contributed by atoms with Crippen LogP contribution in [0.15, 0.2) is 17.5 Å².